The first-order valence-corrected chi connectivity index (χ1v) is 9.99. The maximum absolute atomic E-state index is 12.0. The van der Waals surface area contributed by atoms with Crippen molar-refractivity contribution in [3.05, 3.63) is 22.9 Å². The topological polar surface area (TPSA) is 82.8 Å². The Hall–Kier alpha value is -1.83. The van der Waals surface area contributed by atoms with Crippen LogP contribution >= 0.6 is 15.9 Å². The lowest BCUT2D eigenvalue weighted by molar-refractivity contribution is 0.0229. The number of likely N-dealkylation sites (tertiary alicyclic amines) is 1. The van der Waals surface area contributed by atoms with Gasteiger partial charge in [-0.05, 0) is 59.2 Å². The molecule has 1 saturated carbocycles. The zero-order valence-corrected chi connectivity index (χ0v) is 16.5. The van der Waals surface area contributed by atoms with E-state index in [1.54, 1.807) is 15.6 Å². The third-order valence-electron chi connectivity index (χ3n) is 6.43. The van der Waals surface area contributed by atoms with E-state index in [2.05, 4.69) is 38.3 Å². The van der Waals surface area contributed by atoms with E-state index in [-0.39, 0.29) is 11.0 Å². The summed E-state index contributed by atoms with van der Waals surface area (Å²) >= 11 is 3.44. The van der Waals surface area contributed by atoms with Crippen LogP contribution in [0.2, 0.25) is 0 Å². The van der Waals surface area contributed by atoms with E-state index >= 15 is 0 Å². The zero-order valence-electron chi connectivity index (χ0n) is 14.9. The Bertz CT molecular complexity index is 832. The maximum atomic E-state index is 12.0. The average Bonchev–Trinajstić information content (AvgIpc) is 3.33. The molecule has 26 heavy (non-hydrogen) atoms. The lowest BCUT2D eigenvalue weighted by Crippen LogP contribution is -2.60. The molecule has 0 bridgehead atoms. The molecule has 140 valence electrons. The first kappa shape index (κ1) is 17.6. The van der Waals surface area contributed by atoms with Crippen LogP contribution in [0.4, 0.5) is 10.6 Å². The fourth-order valence-corrected chi connectivity index (χ4v) is 5.34. The van der Waals surface area contributed by atoms with Crippen LogP contribution in [-0.2, 0) is 0 Å². The van der Waals surface area contributed by atoms with Gasteiger partial charge in [0.25, 0.3) is 0 Å². The molecule has 1 atom stereocenters. The summed E-state index contributed by atoms with van der Waals surface area (Å²) in [5.74, 6) is 0.731. The molecule has 2 N–H and O–H groups in total. The standard InChI is InChI=1S/C18H24BrN5O2/c1-17(7-2-3-8-17)18(9-4-10-23(18)16(25)26)12-21-14-5-6-15-20-11-13(19)24(15)22-14/h5-6,11H,2-4,7-10,12H2,1H3,(H,21,22)(H,25,26)/t18-/m1/s1. The number of nitrogens with one attached hydrogen (secondary N) is 1. The van der Waals surface area contributed by atoms with Gasteiger partial charge in [0.15, 0.2) is 5.65 Å². The second kappa shape index (κ2) is 6.40. The Balaban J connectivity index is 1.64. The number of carboxylic acid groups (broad SMARTS) is 1. The summed E-state index contributed by atoms with van der Waals surface area (Å²) in [5.41, 5.74) is 0.403. The minimum Gasteiger partial charge on any atom is -0.465 e. The number of carbonyl (C=O) groups is 1. The second-order valence-electron chi connectivity index (χ2n) is 7.76. The lowest BCUT2D eigenvalue weighted by Gasteiger charge is -2.49. The molecule has 1 saturated heterocycles. The molecule has 4 rings (SSSR count). The predicted octanol–water partition coefficient (Wildman–Crippen LogP) is 4.00. The van der Waals surface area contributed by atoms with Crippen molar-refractivity contribution in [3.8, 4) is 0 Å². The van der Waals surface area contributed by atoms with Gasteiger partial charge >= 0.3 is 6.09 Å². The quantitative estimate of drug-likeness (QED) is 0.779. The van der Waals surface area contributed by atoms with E-state index in [0.29, 0.717) is 13.1 Å². The summed E-state index contributed by atoms with van der Waals surface area (Å²) < 4.78 is 2.53. The van der Waals surface area contributed by atoms with Crippen LogP contribution in [0.1, 0.15) is 45.4 Å². The molecule has 2 aromatic heterocycles. The molecule has 2 aliphatic rings. The van der Waals surface area contributed by atoms with E-state index in [1.807, 2.05) is 12.1 Å². The molecule has 0 aromatic carbocycles. The number of nitrogens with zero attached hydrogens (tertiary/aromatic N) is 4. The average molecular weight is 422 g/mol. The van der Waals surface area contributed by atoms with Gasteiger partial charge in [0, 0.05) is 13.1 Å². The highest BCUT2D eigenvalue weighted by molar-refractivity contribution is 9.10. The fourth-order valence-electron chi connectivity index (χ4n) is 4.98. The highest BCUT2D eigenvalue weighted by Crippen LogP contribution is 2.53. The fraction of sp³-hybridized carbons (Fsp3) is 0.611. The van der Waals surface area contributed by atoms with Gasteiger partial charge in [-0.25, -0.2) is 14.3 Å². The Morgan fingerprint density at radius 3 is 2.81 bits per heavy atom. The van der Waals surface area contributed by atoms with Crippen molar-refractivity contribution >= 4 is 33.5 Å². The lowest BCUT2D eigenvalue weighted by atomic mass is 9.67. The normalized spacial score (nSPS) is 25.1. The van der Waals surface area contributed by atoms with Gasteiger partial charge in [-0.2, -0.15) is 0 Å². The van der Waals surface area contributed by atoms with Gasteiger partial charge in [-0.15, -0.1) is 5.10 Å². The SMILES string of the molecule is CC1([C@]2(CNc3ccc4ncc(Br)n4n3)CCCN2C(=O)O)CCCC1. The molecule has 1 aliphatic heterocycles. The van der Waals surface area contributed by atoms with Crippen LogP contribution in [0, 0.1) is 5.41 Å². The van der Waals surface area contributed by atoms with Crippen molar-refractivity contribution in [2.75, 3.05) is 18.4 Å². The van der Waals surface area contributed by atoms with Crippen molar-refractivity contribution in [1.29, 1.82) is 0 Å². The minimum atomic E-state index is -0.807. The van der Waals surface area contributed by atoms with Gasteiger partial charge in [0.05, 0.1) is 11.7 Å². The van der Waals surface area contributed by atoms with Crippen molar-refractivity contribution in [3.63, 3.8) is 0 Å². The van der Waals surface area contributed by atoms with Crippen molar-refractivity contribution < 1.29 is 9.90 Å². The number of fused-ring (bicyclic) bond motifs is 1. The summed E-state index contributed by atoms with van der Waals surface area (Å²) in [6, 6.07) is 3.81. The Labute approximate surface area is 160 Å². The number of anilines is 1. The smallest absolute Gasteiger partial charge is 0.407 e. The monoisotopic (exact) mass is 421 g/mol. The van der Waals surface area contributed by atoms with Crippen LogP contribution in [-0.4, -0.2) is 49.3 Å². The van der Waals surface area contributed by atoms with Crippen LogP contribution in [0.3, 0.4) is 0 Å². The van der Waals surface area contributed by atoms with Gasteiger partial charge in [-0.3, -0.25) is 0 Å². The third kappa shape index (κ3) is 2.66. The largest absolute Gasteiger partial charge is 0.465 e. The van der Waals surface area contributed by atoms with Gasteiger partial charge in [0.2, 0.25) is 0 Å². The van der Waals surface area contributed by atoms with E-state index in [1.165, 1.54) is 12.8 Å². The van der Waals surface area contributed by atoms with Gasteiger partial charge in [0.1, 0.15) is 10.4 Å². The number of amides is 1. The highest BCUT2D eigenvalue weighted by Gasteiger charge is 2.56. The summed E-state index contributed by atoms with van der Waals surface area (Å²) in [6.45, 7) is 3.47. The molecular formula is C18H24BrN5O2. The number of halogens is 1. The third-order valence-corrected chi connectivity index (χ3v) is 6.97. The number of imidazole rings is 1. The number of rotatable bonds is 4. The molecule has 1 amide bonds. The molecular weight excluding hydrogens is 398 g/mol. The number of hydrogen-bond acceptors (Lipinski definition) is 4. The second-order valence-corrected chi connectivity index (χ2v) is 8.57. The van der Waals surface area contributed by atoms with Crippen LogP contribution in [0.15, 0.2) is 22.9 Å². The zero-order chi connectivity index (χ0) is 18.4. The van der Waals surface area contributed by atoms with Crippen LogP contribution in [0.25, 0.3) is 5.65 Å². The first-order chi connectivity index (χ1) is 12.5. The molecule has 1 aliphatic carbocycles. The molecule has 7 nitrogen and oxygen atoms in total. The predicted molar refractivity (Wildman–Crippen MR) is 102 cm³/mol. The molecule has 0 radical (unpaired) electrons. The summed E-state index contributed by atoms with van der Waals surface area (Å²) in [6.07, 6.45) is 7.25. The van der Waals surface area contributed by atoms with Gasteiger partial charge in [-0.1, -0.05) is 19.8 Å². The van der Waals surface area contributed by atoms with E-state index in [9.17, 15) is 9.90 Å². The molecule has 0 unspecified atom stereocenters. The van der Waals surface area contributed by atoms with Gasteiger partial charge < -0.3 is 15.3 Å². The molecule has 2 fully saturated rings. The minimum absolute atomic E-state index is 0.00851. The Morgan fingerprint density at radius 2 is 2.08 bits per heavy atom. The molecule has 8 heteroatoms. The first-order valence-electron chi connectivity index (χ1n) is 9.20. The maximum Gasteiger partial charge on any atom is 0.407 e. The van der Waals surface area contributed by atoms with E-state index in [4.69, 9.17) is 0 Å². The van der Waals surface area contributed by atoms with Crippen molar-refractivity contribution in [1.82, 2.24) is 19.5 Å². The van der Waals surface area contributed by atoms with Crippen molar-refractivity contribution in [2.24, 2.45) is 5.41 Å². The molecule has 3 heterocycles. The Kier molecular flexibility index (Phi) is 4.33. The summed E-state index contributed by atoms with van der Waals surface area (Å²) in [5, 5.41) is 17.8. The Morgan fingerprint density at radius 1 is 1.31 bits per heavy atom. The molecule has 0 spiro atoms. The summed E-state index contributed by atoms with van der Waals surface area (Å²) in [4.78, 5) is 17.9. The highest BCUT2D eigenvalue weighted by atomic mass is 79.9. The summed E-state index contributed by atoms with van der Waals surface area (Å²) in [7, 11) is 0. The van der Waals surface area contributed by atoms with E-state index < -0.39 is 6.09 Å². The van der Waals surface area contributed by atoms with Crippen LogP contribution in [0.5, 0.6) is 0 Å². The number of hydrogen-bond donors (Lipinski definition) is 2. The van der Waals surface area contributed by atoms with Crippen LogP contribution < -0.4 is 5.32 Å². The number of aromatic nitrogens is 3. The van der Waals surface area contributed by atoms with Crippen molar-refractivity contribution in [2.45, 2.75) is 51.0 Å². The molecule has 2 aromatic rings. The van der Waals surface area contributed by atoms with E-state index in [0.717, 1.165) is 41.8 Å².